The van der Waals surface area contributed by atoms with E-state index in [9.17, 15) is 13.2 Å². The van der Waals surface area contributed by atoms with Crippen LogP contribution in [0, 0.1) is 13.8 Å². The van der Waals surface area contributed by atoms with Gasteiger partial charge in [-0.3, -0.25) is 9.52 Å². The summed E-state index contributed by atoms with van der Waals surface area (Å²) in [7, 11) is -2.38. The number of anilines is 2. The van der Waals surface area contributed by atoms with Gasteiger partial charge >= 0.3 is 0 Å². The van der Waals surface area contributed by atoms with Crippen LogP contribution in [0.2, 0.25) is 0 Å². The van der Waals surface area contributed by atoms with Crippen LogP contribution in [0.25, 0.3) is 11.1 Å². The van der Waals surface area contributed by atoms with Gasteiger partial charge < -0.3 is 14.5 Å². The number of hydrogen-bond acceptors (Lipinski definition) is 6. The number of benzene rings is 3. The minimum absolute atomic E-state index is 0.0172. The summed E-state index contributed by atoms with van der Waals surface area (Å²) < 4.78 is 39.0. The Morgan fingerprint density at radius 2 is 1.69 bits per heavy atom. The molecule has 9 heteroatoms. The van der Waals surface area contributed by atoms with Crippen LogP contribution in [0.4, 0.5) is 11.4 Å². The third kappa shape index (κ3) is 4.42. The number of nitrogens with zero attached hydrogens (tertiary/aromatic N) is 1. The predicted molar refractivity (Wildman–Crippen MR) is 122 cm³/mol. The van der Waals surface area contributed by atoms with Crippen molar-refractivity contribution >= 4 is 38.4 Å². The first-order valence-corrected chi connectivity index (χ1v) is 11.2. The summed E-state index contributed by atoms with van der Waals surface area (Å²) in [4.78, 5) is 17.1. The number of nitrogens with one attached hydrogen (secondary N) is 2. The number of sulfonamides is 1. The highest BCUT2D eigenvalue weighted by atomic mass is 32.2. The largest absolute Gasteiger partial charge is 0.497 e. The summed E-state index contributed by atoms with van der Waals surface area (Å²) in [6, 6.07) is 16.2. The lowest BCUT2D eigenvalue weighted by molar-refractivity contribution is 0.102. The Balaban J connectivity index is 1.58. The molecular formula is C23H21N3O5S. The smallest absolute Gasteiger partial charge is 0.262 e. The minimum atomic E-state index is -3.91. The number of ether oxygens (including phenoxy) is 1. The fourth-order valence-corrected chi connectivity index (χ4v) is 4.55. The number of amides is 1. The second-order valence-electron chi connectivity index (χ2n) is 7.18. The average molecular weight is 452 g/mol. The SMILES string of the molecule is COc1ccc(NS(=O)(=O)c2cc(C(=O)Nc3ccc4oc(C)nc4c3)ccc2C)cc1. The Morgan fingerprint density at radius 3 is 2.41 bits per heavy atom. The number of rotatable bonds is 6. The number of aromatic nitrogens is 1. The molecule has 0 aliphatic rings. The molecule has 0 aliphatic carbocycles. The lowest BCUT2D eigenvalue weighted by atomic mass is 10.1. The summed E-state index contributed by atoms with van der Waals surface area (Å²) >= 11 is 0. The molecule has 164 valence electrons. The number of fused-ring (bicyclic) bond motifs is 1. The van der Waals surface area contributed by atoms with Crippen molar-refractivity contribution in [3.05, 3.63) is 77.7 Å². The van der Waals surface area contributed by atoms with Gasteiger partial charge in [-0.2, -0.15) is 0 Å². The molecule has 4 rings (SSSR count). The first-order valence-electron chi connectivity index (χ1n) is 9.71. The van der Waals surface area contributed by atoms with Gasteiger partial charge in [0.15, 0.2) is 11.5 Å². The molecule has 8 nitrogen and oxygen atoms in total. The van der Waals surface area contributed by atoms with Gasteiger partial charge in [0.25, 0.3) is 15.9 Å². The molecule has 1 aromatic heterocycles. The van der Waals surface area contributed by atoms with Crippen LogP contribution < -0.4 is 14.8 Å². The highest BCUT2D eigenvalue weighted by molar-refractivity contribution is 7.92. The molecule has 0 saturated heterocycles. The zero-order valence-corrected chi connectivity index (χ0v) is 18.5. The second kappa shape index (κ2) is 8.35. The molecule has 1 heterocycles. The van der Waals surface area contributed by atoms with Crippen LogP contribution >= 0.6 is 0 Å². The predicted octanol–water partition coefficient (Wildman–Crippen LogP) is 4.51. The highest BCUT2D eigenvalue weighted by Gasteiger charge is 2.20. The van der Waals surface area contributed by atoms with E-state index in [1.807, 2.05) is 0 Å². The lowest BCUT2D eigenvalue weighted by Gasteiger charge is -2.12. The Morgan fingerprint density at radius 1 is 0.969 bits per heavy atom. The maximum absolute atomic E-state index is 13.0. The topological polar surface area (TPSA) is 111 Å². The van der Waals surface area contributed by atoms with Crippen molar-refractivity contribution in [3.63, 3.8) is 0 Å². The Labute approximate surface area is 185 Å². The molecule has 0 saturated carbocycles. The Kier molecular flexibility index (Phi) is 5.58. The van der Waals surface area contributed by atoms with Crippen molar-refractivity contribution in [2.75, 3.05) is 17.1 Å². The zero-order chi connectivity index (χ0) is 22.9. The molecule has 0 atom stereocenters. The van der Waals surface area contributed by atoms with Gasteiger partial charge in [-0.15, -0.1) is 0 Å². The Hall–Kier alpha value is -3.85. The fraction of sp³-hybridized carbons (Fsp3) is 0.130. The molecule has 32 heavy (non-hydrogen) atoms. The van der Waals surface area contributed by atoms with Crippen molar-refractivity contribution in [1.29, 1.82) is 0 Å². The van der Waals surface area contributed by atoms with Crippen LogP contribution in [0.15, 0.2) is 70.0 Å². The van der Waals surface area contributed by atoms with Crippen molar-refractivity contribution in [3.8, 4) is 5.75 Å². The van der Waals surface area contributed by atoms with E-state index in [0.717, 1.165) is 0 Å². The molecule has 4 aromatic rings. The van der Waals surface area contributed by atoms with Crippen molar-refractivity contribution < 1.29 is 22.4 Å². The standard InChI is InChI=1S/C23H21N3O5S/c1-14-4-5-16(23(27)25-18-8-11-21-20(13-18)24-15(2)31-21)12-22(14)32(28,29)26-17-6-9-19(30-3)10-7-17/h4-13,26H,1-3H3,(H,25,27). The van der Waals surface area contributed by atoms with E-state index < -0.39 is 15.9 Å². The summed E-state index contributed by atoms with van der Waals surface area (Å²) in [5.74, 6) is 0.702. The lowest BCUT2D eigenvalue weighted by Crippen LogP contribution is -2.17. The number of carbonyl (C=O) groups excluding carboxylic acids is 1. The maximum atomic E-state index is 13.0. The third-order valence-electron chi connectivity index (χ3n) is 4.83. The van der Waals surface area contributed by atoms with Gasteiger partial charge in [0.1, 0.15) is 11.3 Å². The van der Waals surface area contributed by atoms with Crippen molar-refractivity contribution in [2.24, 2.45) is 0 Å². The molecule has 0 bridgehead atoms. The van der Waals surface area contributed by atoms with E-state index in [1.165, 1.54) is 13.2 Å². The minimum Gasteiger partial charge on any atom is -0.497 e. The summed E-state index contributed by atoms with van der Waals surface area (Å²) in [6.07, 6.45) is 0. The number of aryl methyl sites for hydroxylation is 2. The van der Waals surface area contributed by atoms with Crippen LogP contribution in [-0.4, -0.2) is 26.4 Å². The van der Waals surface area contributed by atoms with Gasteiger partial charge in [0.2, 0.25) is 0 Å². The normalized spacial score (nSPS) is 11.3. The number of oxazole rings is 1. The van der Waals surface area contributed by atoms with Crippen molar-refractivity contribution in [2.45, 2.75) is 18.7 Å². The molecule has 3 aromatic carbocycles. The van der Waals surface area contributed by atoms with E-state index in [4.69, 9.17) is 9.15 Å². The fourth-order valence-electron chi connectivity index (χ4n) is 3.22. The first-order chi connectivity index (χ1) is 15.2. The van der Waals surface area contributed by atoms with Gasteiger partial charge in [-0.05, 0) is 67.1 Å². The highest BCUT2D eigenvalue weighted by Crippen LogP contribution is 2.24. The van der Waals surface area contributed by atoms with Crippen LogP contribution in [0.5, 0.6) is 5.75 Å². The number of carbonyl (C=O) groups is 1. The Bertz CT molecular complexity index is 1410. The van der Waals surface area contributed by atoms with Gasteiger partial charge in [-0.25, -0.2) is 13.4 Å². The van der Waals surface area contributed by atoms with Gasteiger partial charge in [0, 0.05) is 23.9 Å². The molecule has 1 amide bonds. The van der Waals surface area contributed by atoms with Crippen LogP contribution in [-0.2, 0) is 10.0 Å². The average Bonchev–Trinajstić information content (AvgIpc) is 3.13. The zero-order valence-electron chi connectivity index (χ0n) is 17.7. The van der Waals surface area contributed by atoms with Gasteiger partial charge in [-0.1, -0.05) is 6.07 Å². The summed E-state index contributed by atoms with van der Waals surface area (Å²) in [6.45, 7) is 3.41. The molecule has 2 N–H and O–H groups in total. The first kappa shape index (κ1) is 21.4. The van der Waals surface area contributed by atoms with E-state index in [2.05, 4.69) is 15.0 Å². The van der Waals surface area contributed by atoms with Crippen LogP contribution in [0.3, 0.4) is 0 Å². The molecule has 0 spiro atoms. The second-order valence-corrected chi connectivity index (χ2v) is 8.83. The monoisotopic (exact) mass is 451 g/mol. The number of hydrogen-bond donors (Lipinski definition) is 2. The van der Waals surface area contributed by atoms with Crippen LogP contribution in [0.1, 0.15) is 21.8 Å². The summed E-state index contributed by atoms with van der Waals surface area (Å²) in [5, 5.41) is 2.77. The molecule has 0 aliphatic heterocycles. The van der Waals surface area contributed by atoms with Gasteiger partial charge in [0.05, 0.1) is 12.0 Å². The molecule has 0 radical (unpaired) electrons. The third-order valence-corrected chi connectivity index (χ3v) is 6.36. The van der Waals surface area contributed by atoms with E-state index in [0.29, 0.717) is 39.7 Å². The summed E-state index contributed by atoms with van der Waals surface area (Å²) in [5.41, 5.74) is 2.88. The molecule has 0 unspecified atom stereocenters. The van der Waals surface area contributed by atoms with Crippen molar-refractivity contribution in [1.82, 2.24) is 4.98 Å². The molecule has 0 fully saturated rings. The van der Waals surface area contributed by atoms with E-state index >= 15 is 0 Å². The quantitative estimate of drug-likeness (QED) is 0.446. The molecular weight excluding hydrogens is 430 g/mol. The number of methoxy groups -OCH3 is 1. The van der Waals surface area contributed by atoms with E-state index in [1.54, 1.807) is 68.4 Å². The van der Waals surface area contributed by atoms with E-state index in [-0.39, 0.29) is 10.5 Å². The maximum Gasteiger partial charge on any atom is 0.262 e.